The third-order valence-electron chi connectivity index (χ3n) is 3.74. The highest BCUT2D eigenvalue weighted by molar-refractivity contribution is 6.33. The van der Waals surface area contributed by atoms with Gasteiger partial charge in [-0.1, -0.05) is 31.9 Å². The van der Waals surface area contributed by atoms with Crippen molar-refractivity contribution in [3.63, 3.8) is 0 Å². The van der Waals surface area contributed by atoms with Crippen molar-refractivity contribution in [2.45, 2.75) is 45.6 Å². The summed E-state index contributed by atoms with van der Waals surface area (Å²) in [7, 11) is 1.68. The van der Waals surface area contributed by atoms with E-state index in [0.29, 0.717) is 11.5 Å². The number of rotatable bonds is 3. The van der Waals surface area contributed by atoms with Crippen molar-refractivity contribution in [3.05, 3.63) is 23.2 Å². The SMILES string of the molecule is COc1ccc(Cl)c(NC2CCCC(C)(C)C2)c1. The van der Waals surface area contributed by atoms with Gasteiger partial charge in [-0.25, -0.2) is 0 Å². The minimum absolute atomic E-state index is 0.432. The van der Waals surface area contributed by atoms with Gasteiger partial charge in [0.05, 0.1) is 17.8 Å². The molecule has 1 aliphatic rings. The van der Waals surface area contributed by atoms with Crippen LogP contribution in [0.5, 0.6) is 5.75 Å². The average Bonchev–Trinajstić information content (AvgIpc) is 2.31. The first kappa shape index (κ1) is 13.5. The van der Waals surface area contributed by atoms with Crippen LogP contribution in [0.3, 0.4) is 0 Å². The van der Waals surface area contributed by atoms with Gasteiger partial charge in [0.15, 0.2) is 0 Å². The first-order valence-corrected chi connectivity index (χ1v) is 6.98. The van der Waals surface area contributed by atoms with Crippen LogP contribution in [0.4, 0.5) is 5.69 Å². The van der Waals surface area contributed by atoms with Gasteiger partial charge < -0.3 is 10.1 Å². The Hall–Kier alpha value is -0.890. The van der Waals surface area contributed by atoms with E-state index in [1.807, 2.05) is 18.2 Å². The number of halogens is 1. The summed E-state index contributed by atoms with van der Waals surface area (Å²) in [6, 6.07) is 6.26. The Balaban J connectivity index is 2.09. The van der Waals surface area contributed by atoms with E-state index in [2.05, 4.69) is 19.2 Å². The van der Waals surface area contributed by atoms with Crippen LogP contribution in [-0.2, 0) is 0 Å². The van der Waals surface area contributed by atoms with Crippen molar-refractivity contribution in [2.75, 3.05) is 12.4 Å². The molecule has 1 aromatic rings. The second-order valence-corrected chi connectivity index (χ2v) is 6.35. The molecule has 0 radical (unpaired) electrons. The van der Waals surface area contributed by atoms with Crippen molar-refractivity contribution < 1.29 is 4.74 Å². The van der Waals surface area contributed by atoms with Crippen molar-refractivity contribution in [3.8, 4) is 5.75 Å². The summed E-state index contributed by atoms with van der Waals surface area (Å²) in [5, 5.41) is 4.33. The molecule has 0 amide bonds. The van der Waals surface area contributed by atoms with Gasteiger partial charge in [-0.15, -0.1) is 0 Å². The summed E-state index contributed by atoms with van der Waals surface area (Å²) in [6.45, 7) is 4.68. The number of ether oxygens (including phenoxy) is 1. The second kappa shape index (κ2) is 5.40. The zero-order valence-corrected chi connectivity index (χ0v) is 12.2. The molecule has 1 aliphatic carbocycles. The predicted octanol–water partition coefficient (Wildman–Crippen LogP) is 4.73. The van der Waals surface area contributed by atoms with E-state index in [-0.39, 0.29) is 0 Å². The summed E-state index contributed by atoms with van der Waals surface area (Å²) in [5.74, 6) is 0.844. The Morgan fingerprint density at radius 1 is 1.39 bits per heavy atom. The molecule has 1 unspecified atom stereocenters. The highest BCUT2D eigenvalue weighted by Gasteiger charge is 2.28. The minimum atomic E-state index is 0.432. The number of anilines is 1. The van der Waals surface area contributed by atoms with E-state index >= 15 is 0 Å². The van der Waals surface area contributed by atoms with Crippen LogP contribution in [0.25, 0.3) is 0 Å². The van der Waals surface area contributed by atoms with Crippen LogP contribution in [0.2, 0.25) is 5.02 Å². The van der Waals surface area contributed by atoms with E-state index in [1.165, 1.54) is 25.7 Å². The van der Waals surface area contributed by atoms with E-state index in [1.54, 1.807) is 7.11 Å². The van der Waals surface area contributed by atoms with Crippen molar-refractivity contribution in [1.29, 1.82) is 0 Å². The monoisotopic (exact) mass is 267 g/mol. The molecule has 0 aromatic heterocycles. The molecule has 1 N–H and O–H groups in total. The largest absolute Gasteiger partial charge is 0.497 e. The predicted molar refractivity (Wildman–Crippen MR) is 77.7 cm³/mol. The molecule has 2 nitrogen and oxygen atoms in total. The molecular weight excluding hydrogens is 246 g/mol. The Labute approximate surface area is 115 Å². The quantitative estimate of drug-likeness (QED) is 0.855. The van der Waals surface area contributed by atoms with Crippen molar-refractivity contribution in [1.82, 2.24) is 0 Å². The number of nitrogens with one attached hydrogen (secondary N) is 1. The first-order valence-electron chi connectivity index (χ1n) is 6.60. The van der Waals surface area contributed by atoms with E-state index in [4.69, 9.17) is 16.3 Å². The maximum Gasteiger partial charge on any atom is 0.121 e. The zero-order valence-electron chi connectivity index (χ0n) is 11.4. The van der Waals surface area contributed by atoms with Gasteiger partial charge in [-0.2, -0.15) is 0 Å². The molecule has 2 rings (SSSR count). The van der Waals surface area contributed by atoms with Gasteiger partial charge in [0, 0.05) is 12.1 Å². The lowest BCUT2D eigenvalue weighted by molar-refractivity contribution is 0.229. The van der Waals surface area contributed by atoms with Gasteiger partial charge in [0.1, 0.15) is 5.75 Å². The third-order valence-corrected chi connectivity index (χ3v) is 4.07. The molecule has 18 heavy (non-hydrogen) atoms. The minimum Gasteiger partial charge on any atom is -0.497 e. The summed E-state index contributed by atoms with van der Waals surface area (Å²) in [6.07, 6.45) is 5.01. The summed E-state index contributed by atoms with van der Waals surface area (Å²) in [5.41, 5.74) is 1.42. The molecule has 100 valence electrons. The summed E-state index contributed by atoms with van der Waals surface area (Å²) >= 11 is 6.23. The Morgan fingerprint density at radius 3 is 2.83 bits per heavy atom. The molecule has 0 aliphatic heterocycles. The summed E-state index contributed by atoms with van der Waals surface area (Å²) in [4.78, 5) is 0. The molecule has 1 atom stereocenters. The fourth-order valence-corrected chi connectivity index (χ4v) is 2.96. The smallest absolute Gasteiger partial charge is 0.121 e. The van der Waals surface area contributed by atoms with Crippen LogP contribution in [0, 0.1) is 5.41 Å². The maximum absolute atomic E-state index is 6.23. The van der Waals surface area contributed by atoms with Crippen molar-refractivity contribution >= 4 is 17.3 Å². The molecule has 1 aromatic carbocycles. The molecule has 0 spiro atoms. The molecule has 3 heteroatoms. The Morgan fingerprint density at radius 2 is 2.17 bits per heavy atom. The zero-order chi connectivity index (χ0) is 13.2. The van der Waals surface area contributed by atoms with E-state index < -0.39 is 0 Å². The van der Waals surface area contributed by atoms with Crippen LogP contribution in [0.15, 0.2) is 18.2 Å². The first-order chi connectivity index (χ1) is 8.50. The van der Waals surface area contributed by atoms with Crippen molar-refractivity contribution in [2.24, 2.45) is 5.41 Å². The Bertz CT molecular complexity index is 417. The van der Waals surface area contributed by atoms with E-state index in [9.17, 15) is 0 Å². The van der Waals surface area contributed by atoms with Gasteiger partial charge >= 0.3 is 0 Å². The molecule has 0 saturated heterocycles. The molecule has 1 fully saturated rings. The maximum atomic E-state index is 6.23. The lowest BCUT2D eigenvalue weighted by Gasteiger charge is -2.36. The molecule has 0 heterocycles. The topological polar surface area (TPSA) is 21.3 Å². The summed E-state index contributed by atoms with van der Waals surface area (Å²) < 4.78 is 5.24. The van der Waals surface area contributed by atoms with Crippen LogP contribution >= 0.6 is 11.6 Å². The number of hydrogen-bond acceptors (Lipinski definition) is 2. The third kappa shape index (κ3) is 3.32. The normalized spacial score (nSPS) is 22.6. The van der Waals surface area contributed by atoms with Gasteiger partial charge in [-0.05, 0) is 36.8 Å². The number of hydrogen-bond donors (Lipinski definition) is 1. The van der Waals surface area contributed by atoms with Crippen LogP contribution < -0.4 is 10.1 Å². The number of benzene rings is 1. The molecule has 1 saturated carbocycles. The lowest BCUT2D eigenvalue weighted by Crippen LogP contribution is -2.31. The highest BCUT2D eigenvalue weighted by Crippen LogP contribution is 2.37. The number of methoxy groups -OCH3 is 1. The Kier molecular flexibility index (Phi) is 4.06. The molecule has 0 bridgehead atoms. The standard InChI is InChI=1S/C15H22ClNO/c1-15(2)8-4-5-11(10-15)17-14-9-12(18-3)6-7-13(14)16/h6-7,9,11,17H,4-5,8,10H2,1-3H3. The average molecular weight is 268 g/mol. The van der Waals surface area contributed by atoms with Crippen LogP contribution in [-0.4, -0.2) is 13.2 Å². The molecular formula is C15H22ClNO. The second-order valence-electron chi connectivity index (χ2n) is 5.95. The fourth-order valence-electron chi connectivity index (χ4n) is 2.78. The highest BCUT2D eigenvalue weighted by atomic mass is 35.5. The fraction of sp³-hybridized carbons (Fsp3) is 0.600. The lowest BCUT2D eigenvalue weighted by atomic mass is 9.75. The van der Waals surface area contributed by atoms with Gasteiger partial charge in [0.25, 0.3) is 0 Å². The van der Waals surface area contributed by atoms with Crippen LogP contribution in [0.1, 0.15) is 39.5 Å². The van der Waals surface area contributed by atoms with E-state index in [0.717, 1.165) is 16.5 Å². The van der Waals surface area contributed by atoms with Gasteiger partial charge in [0.2, 0.25) is 0 Å². The van der Waals surface area contributed by atoms with Gasteiger partial charge in [-0.3, -0.25) is 0 Å².